The third-order valence-corrected chi connectivity index (χ3v) is 8.47. The Hall–Kier alpha value is -3.12. The van der Waals surface area contributed by atoms with E-state index in [0.29, 0.717) is 41.8 Å². The summed E-state index contributed by atoms with van der Waals surface area (Å²) in [5, 5.41) is 8.43. The minimum Gasteiger partial charge on any atom is -0.459 e. The van der Waals surface area contributed by atoms with E-state index in [4.69, 9.17) is 14.6 Å². The van der Waals surface area contributed by atoms with Crippen LogP contribution in [0.3, 0.4) is 0 Å². The second-order valence-corrected chi connectivity index (χ2v) is 11.8. The normalized spacial score (nSPS) is 23.0. The molecular formula is C24H28FN5O5S. The van der Waals surface area contributed by atoms with Gasteiger partial charge in [-0.2, -0.15) is 5.10 Å². The van der Waals surface area contributed by atoms with Gasteiger partial charge in [-0.05, 0) is 38.3 Å². The van der Waals surface area contributed by atoms with Crippen molar-refractivity contribution in [2.75, 3.05) is 24.7 Å². The number of rotatable bonds is 6. The summed E-state index contributed by atoms with van der Waals surface area (Å²) in [4.78, 5) is 21.6. The topological polar surface area (TPSA) is 125 Å². The van der Waals surface area contributed by atoms with Crippen LogP contribution < -0.4 is 10.1 Å². The summed E-state index contributed by atoms with van der Waals surface area (Å²) in [5.41, 5.74) is 1.28. The second kappa shape index (κ2) is 9.40. The Morgan fingerprint density at radius 1 is 1.28 bits per heavy atom. The average molecular weight is 518 g/mol. The van der Waals surface area contributed by atoms with Gasteiger partial charge in [0.05, 0.1) is 34.8 Å². The van der Waals surface area contributed by atoms with Crippen molar-refractivity contribution in [3.63, 3.8) is 0 Å². The molecular weight excluding hydrogens is 489 g/mol. The van der Waals surface area contributed by atoms with Gasteiger partial charge in [0, 0.05) is 43.5 Å². The predicted molar refractivity (Wildman–Crippen MR) is 130 cm³/mol. The summed E-state index contributed by atoms with van der Waals surface area (Å²) < 4.78 is 49.9. The van der Waals surface area contributed by atoms with E-state index in [0.717, 1.165) is 12.8 Å². The number of nitrogens with one attached hydrogen (secondary N) is 1. The molecule has 1 unspecified atom stereocenters. The number of fused-ring (bicyclic) bond motifs is 1. The minimum atomic E-state index is -3.18. The maximum atomic E-state index is 13.4. The monoisotopic (exact) mass is 517 g/mol. The van der Waals surface area contributed by atoms with Crippen LogP contribution in [0.15, 0.2) is 30.7 Å². The number of pyridine rings is 2. The van der Waals surface area contributed by atoms with Gasteiger partial charge in [-0.15, -0.1) is 0 Å². The molecule has 2 aliphatic heterocycles. The summed E-state index contributed by atoms with van der Waals surface area (Å²) in [5.74, 6) is -0.207. The van der Waals surface area contributed by atoms with Crippen molar-refractivity contribution < 1.29 is 27.1 Å². The maximum Gasteiger partial charge on any atom is 0.270 e. The Morgan fingerprint density at radius 3 is 2.75 bits per heavy atom. The summed E-state index contributed by atoms with van der Waals surface area (Å²) in [6.07, 6.45) is 5.03. The first-order valence-electron chi connectivity index (χ1n) is 11.9. The molecule has 1 N–H and O–H groups in total. The molecule has 2 fully saturated rings. The van der Waals surface area contributed by atoms with Crippen LogP contribution in [-0.4, -0.2) is 70.7 Å². The molecule has 0 saturated carbocycles. The van der Waals surface area contributed by atoms with E-state index in [2.05, 4.69) is 15.3 Å². The van der Waals surface area contributed by atoms with Crippen LogP contribution >= 0.6 is 0 Å². The number of sulfone groups is 1. The fourth-order valence-electron chi connectivity index (χ4n) is 4.83. The SMILES string of the molecule is CC(F)Oc1cncc(-c2nn(C3CCOCC3)c3cc(C(=O)N[C@@]4(C)CCS(=O)(=O)C4)ncc23)c1. The Kier molecular flexibility index (Phi) is 6.41. The van der Waals surface area contributed by atoms with Gasteiger partial charge in [0.15, 0.2) is 9.84 Å². The van der Waals surface area contributed by atoms with Crippen LogP contribution in [0.1, 0.15) is 49.6 Å². The van der Waals surface area contributed by atoms with Crippen LogP contribution in [0, 0.1) is 0 Å². The Labute approximate surface area is 208 Å². The van der Waals surface area contributed by atoms with E-state index in [9.17, 15) is 17.6 Å². The van der Waals surface area contributed by atoms with Crippen molar-refractivity contribution in [3.05, 3.63) is 36.4 Å². The zero-order chi connectivity index (χ0) is 25.5. The van der Waals surface area contributed by atoms with Crippen molar-refractivity contribution in [1.82, 2.24) is 25.1 Å². The van der Waals surface area contributed by atoms with Crippen LogP contribution in [0.5, 0.6) is 5.75 Å². The van der Waals surface area contributed by atoms with Crippen molar-refractivity contribution in [2.45, 2.75) is 51.0 Å². The van der Waals surface area contributed by atoms with Crippen LogP contribution in [-0.2, 0) is 14.6 Å². The second-order valence-electron chi connectivity index (χ2n) is 9.65. The smallest absolute Gasteiger partial charge is 0.270 e. The number of hydrogen-bond acceptors (Lipinski definition) is 8. The number of hydrogen-bond donors (Lipinski definition) is 1. The highest BCUT2D eigenvalue weighted by atomic mass is 32.2. The van der Waals surface area contributed by atoms with Gasteiger partial charge in [0.1, 0.15) is 17.1 Å². The Balaban J connectivity index is 1.54. The first-order chi connectivity index (χ1) is 17.1. The van der Waals surface area contributed by atoms with Crippen molar-refractivity contribution in [2.24, 2.45) is 0 Å². The molecule has 0 radical (unpaired) electrons. The molecule has 3 aromatic rings. The molecule has 0 aliphatic carbocycles. The predicted octanol–water partition coefficient (Wildman–Crippen LogP) is 2.85. The van der Waals surface area contributed by atoms with Crippen LogP contribution in [0.4, 0.5) is 4.39 Å². The molecule has 0 aromatic carbocycles. The lowest BCUT2D eigenvalue weighted by Crippen LogP contribution is -2.47. The maximum absolute atomic E-state index is 13.4. The van der Waals surface area contributed by atoms with Crippen LogP contribution in [0.2, 0.25) is 0 Å². The number of alkyl halides is 1. The lowest BCUT2D eigenvalue weighted by Gasteiger charge is -2.24. The molecule has 5 rings (SSSR count). The molecule has 2 saturated heterocycles. The number of ether oxygens (including phenoxy) is 2. The van der Waals surface area contributed by atoms with E-state index >= 15 is 0 Å². The lowest BCUT2D eigenvalue weighted by molar-refractivity contribution is 0.0675. The van der Waals surface area contributed by atoms with Gasteiger partial charge in [-0.3, -0.25) is 19.4 Å². The number of halogens is 1. The summed E-state index contributed by atoms with van der Waals surface area (Å²) in [6.45, 7) is 4.23. The number of carbonyl (C=O) groups is 1. The highest BCUT2D eigenvalue weighted by Gasteiger charge is 2.40. The molecule has 36 heavy (non-hydrogen) atoms. The van der Waals surface area contributed by atoms with Crippen molar-refractivity contribution in [3.8, 4) is 17.0 Å². The molecule has 2 aliphatic rings. The van der Waals surface area contributed by atoms with Crippen molar-refractivity contribution >= 4 is 26.6 Å². The zero-order valence-electron chi connectivity index (χ0n) is 20.1. The third kappa shape index (κ3) is 5.05. The number of amides is 1. The fraction of sp³-hybridized carbons (Fsp3) is 0.500. The van der Waals surface area contributed by atoms with E-state index in [1.165, 1.54) is 13.1 Å². The molecule has 3 aromatic heterocycles. The van der Waals surface area contributed by atoms with Gasteiger partial charge in [0.2, 0.25) is 6.36 Å². The molecule has 5 heterocycles. The number of aromatic nitrogens is 4. The summed E-state index contributed by atoms with van der Waals surface area (Å²) >= 11 is 0. The standard InChI is InChI=1S/C24H28FN5O5S/c1-15(25)35-18-9-16(11-26-12-18)22-19-13-27-20(23(31)28-24(2)5-8-36(32,33)14-24)10-21(19)30(29-22)17-3-6-34-7-4-17/h9-13,15,17H,3-8,14H2,1-2H3,(H,28,31)/t15?,24-/m0/s1. The van der Waals surface area contributed by atoms with E-state index in [-0.39, 0.29) is 29.0 Å². The first-order valence-corrected chi connectivity index (χ1v) is 13.7. The van der Waals surface area contributed by atoms with Crippen LogP contribution in [0.25, 0.3) is 22.2 Å². The van der Waals surface area contributed by atoms with Gasteiger partial charge in [-0.25, -0.2) is 12.8 Å². The number of carbonyl (C=O) groups excluding carboxylic acids is 1. The highest BCUT2D eigenvalue weighted by Crippen LogP contribution is 2.34. The number of nitrogens with zero attached hydrogens (tertiary/aromatic N) is 4. The van der Waals surface area contributed by atoms with Gasteiger partial charge in [0.25, 0.3) is 5.91 Å². The molecule has 2 atom stereocenters. The molecule has 10 nitrogen and oxygen atoms in total. The lowest BCUT2D eigenvalue weighted by atomic mass is 10.0. The van der Waals surface area contributed by atoms with Gasteiger partial charge < -0.3 is 14.8 Å². The molecule has 12 heteroatoms. The third-order valence-electron chi connectivity index (χ3n) is 6.56. The van der Waals surface area contributed by atoms with Crippen molar-refractivity contribution in [1.29, 1.82) is 0 Å². The zero-order valence-corrected chi connectivity index (χ0v) is 20.9. The highest BCUT2D eigenvalue weighted by molar-refractivity contribution is 7.91. The first kappa shape index (κ1) is 24.6. The fourth-order valence-corrected chi connectivity index (χ4v) is 6.92. The van der Waals surface area contributed by atoms with E-state index in [1.807, 2.05) is 4.68 Å². The molecule has 0 bridgehead atoms. The molecule has 1 amide bonds. The Bertz CT molecular complexity index is 1400. The average Bonchev–Trinajstić information content (AvgIpc) is 3.35. The largest absolute Gasteiger partial charge is 0.459 e. The van der Waals surface area contributed by atoms with E-state index in [1.54, 1.807) is 31.5 Å². The summed E-state index contributed by atoms with van der Waals surface area (Å²) in [6, 6.07) is 3.41. The molecule has 0 spiro atoms. The Morgan fingerprint density at radius 2 is 2.06 bits per heavy atom. The molecule has 192 valence electrons. The summed E-state index contributed by atoms with van der Waals surface area (Å²) in [7, 11) is -3.18. The minimum absolute atomic E-state index is 0.0497. The van der Waals surface area contributed by atoms with Gasteiger partial charge in [-0.1, -0.05) is 0 Å². The van der Waals surface area contributed by atoms with Gasteiger partial charge >= 0.3 is 0 Å². The quantitative estimate of drug-likeness (QED) is 0.529. The van der Waals surface area contributed by atoms with E-state index < -0.39 is 27.6 Å².